The van der Waals surface area contributed by atoms with Gasteiger partial charge in [-0.25, -0.2) is 0 Å². The van der Waals surface area contributed by atoms with Crippen LogP contribution in [-0.4, -0.2) is 43.4 Å². The van der Waals surface area contributed by atoms with Crippen molar-refractivity contribution in [2.45, 2.75) is 90.1 Å². The summed E-state index contributed by atoms with van der Waals surface area (Å²) < 4.78 is 5.06. The number of rotatable bonds is 13. The lowest BCUT2D eigenvalue weighted by Gasteiger charge is -2.25. The minimum Gasteiger partial charge on any atom is -0.466 e. The molecule has 0 spiro atoms. The molecule has 4 heteroatoms. The summed E-state index contributed by atoms with van der Waals surface area (Å²) in [5.74, 6) is -0.0461. The smallest absolute Gasteiger partial charge is 0.305 e. The van der Waals surface area contributed by atoms with Crippen LogP contribution in [0.2, 0.25) is 0 Å². The molecule has 1 rings (SSSR count). The molecule has 0 aromatic carbocycles. The number of aliphatic hydroxyl groups excluding tert-OH is 1. The second kappa shape index (κ2) is 13.8. The zero-order valence-corrected chi connectivity index (χ0v) is 15.2. The van der Waals surface area contributed by atoms with Gasteiger partial charge >= 0.3 is 5.97 Å². The van der Waals surface area contributed by atoms with Crippen LogP contribution in [0, 0.1) is 0 Å². The number of ether oxygens (including phenoxy) is 1. The Morgan fingerprint density at radius 3 is 2.39 bits per heavy atom. The standard InChI is InChI=1S/C19H37NO3/c1-2-16-23-19(22)13-9-6-4-3-5-8-12-18(21)17-20-14-10-7-11-15-20/h18,21H,2-17H2,1H3/p+1/t18-/m1/s1. The fraction of sp³-hybridized carbons (Fsp3) is 0.947. The summed E-state index contributed by atoms with van der Waals surface area (Å²) in [5, 5.41) is 10.1. The number of likely N-dealkylation sites (tertiary alicyclic amines) is 1. The highest BCUT2D eigenvalue weighted by atomic mass is 16.5. The van der Waals surface area contributed by atoms with Crippen LogP contribution in [0.15, 0.2) is 0 Å². The third-order valence-corrected chi connectivity index (χ3v) is 4.72. The maximum Gasteiger partial charge on any atom is 0.305 e. The van der Waals surface area contributed by atoms with Gasteiger partial charge in [0.25, 0.3) is 0 Å². The van der Waals surface area contributed by atoms with Crippen LogP contribution in [0.5, 0.6) is 0 Å². The Kier molecular flexibility index (Phi) is 12.3. The number of carbonyl (C=O) groups excluding carboxylic acids is 1. The van der Waals surface area contributed by atoms with Crippen LogP contribution < -0.4 is 4.90 Å². The van der Waals surface area contributed by atoms with E-state index in [2.05, 4.69) is 0 Å². The molecule has 1 saturated heterocycles. The van der Waals surface area contributed by atoms with E-state index < -0.39 is 0 Å². The maximum absolute atomic E-state index is 11.3. The van der Waals surface area contributed by atoms with E-state index in [0.717, 1.165) is 38.6 Å². The highest BCUT2D eigenvalue weighted by Crippen LogP contribution is 2.10. The number of quaternary nitrogens is 1. The van der Waals surface area contributed by atoms with Crippen LogP contribution in [0.3, 0.4) is 0 Å². The number of hydrogen-bond acceptors (Lipinski definition) is 3. The largest absolute Gasteiger partial charge is 0.466 e. The highest BCUT2D eigenvalue weighted by molar-refractivity contribution is 5.69. The molecule has 0 aromatic heterocycles. The van der Waals surface area contributed by atoms with Crippen molar-refractivity contribution in [2.24, 2.45) is 0 Å². The van der Waals surface area contributed by atoms with E-state index in [-0.39, 0.29) is 12.1 Å². The summed E-state index contributed by atoms with van der Waals surface area (Å²) in [6.07, 6.45) is 13.1. The van der Waals surface area contributed by atoms with E-state index in [0.29, 0.717) is 13.0 Å². The lowest BCUT2D eigenvalue weighted by molar-refractivity contribution is -0.908. The third kappa shape index (κ3) is 11.5. The number of nitrogens with one attached hydrogen (secondary N) is 1. The summed E-state index contributed by atoms with van der Waals surface area (Å²) in [5.41, 5.74) is 0. The molecule has 1 heterocycles. The molecule has 0 unspecified atom stereocenters. The molecule has 1 atom stereocenters. The summed E-state index contributed by atoms with van der Waals surface area (Å²) >= 11 is 0. The van der Waals surface area contributed by atoms with E-state index >= 15 is 0 Å². The lowest BCUT2D eigenvalue weighted by atomic mass is 10.0. The first-order valence-electron chi connectivity index (χ1n) is 9.89. The molecular formula is C19H38NO3+. The molecule has 2 N–H and O–H groups in total. The fourth-order valence-corrected chi connectivity index (χ4v) is 3.34. The monoisotopic (exact) mass is 328 g/mol. The summed E-state index contributed by atoms with van der Waals surface area (Å²) in [6.45, 7) is 6.01. The Morgan fingerprint density at radius 2 is 1.70 bits per heavy atom. The minimum atomic E-state index is -0.114. The minimum absolute atomic E-state index is 0.0461. The number of unbranched alkanes of at least 4 members (excludes halogenated alkanes) is 5. The SMILES string of the molecule is CCCOC(=O)CCCCCCCC[C@@H](O)C[NH+]1CCCCC1. The first-order valence-corrected chi connectivity index (χ1v) is 9.89. The van der Waals surface area contributed by atoms with E-state index in [9.17, 15) is 9.90 Å². The predicted molar refractivity (Wildman–Crippen MR) is 93.6 cm³/mol. The summed E-state index contributed by atoms with van der Waals surface area (Å²) in [7, 11) is 0. The van der Waals surface area contributed by atoms with Crippen molar-refractivity contribution < 1.29 is 19.5 Å². The lowest BCUT2D eigenvalue weighted by Crippen LogP contribution is -3.13. The van der Waals surface area contributed by atoms with Crippen molar-refractivity contribution in [1.82, 2.24) is 0 Å². The van der Waals surface area contributed by atoms with Gasteiger partial charge in [0.1, 0.15) is 12.6 Å². The molecule has 1 aliphatic heterocycles. The number of carbonyl (C=O) groups is 1. The topological polar surface area (TPSA) is 51.0 Å². The third-order valence-electron chi connectivity index (χ3n) is 4.72. The van der Waals surface area contributed by atoms with Crippen LogP contribution >= 0.6 is 0 Å². The Hall–Kier alpha value is -0.610. The van der Waals surface area contributed by atoms with Crippen LogP contribution in [0.25, 0.3) is 0 Å². The van der Waals surface area contributed by atoms with Crippen molar-refractivity contribution in [3.63, 3.8) is 0 Å². The number of hydrogen-bond donors (Lipinski definition) is 2. The molecule has 1 fully saturated rings. The quantitative estimate of drug-likeness (QED) is 0.403. The van der Waals surface area contributed by atoms with Crippen molar-refractivity contribution >= 4 is 5.97 Å². The molecule has 0 bridgehead atoms. The van der Waals surface area contributed by atoms with Gasteiger partial charge in [-0.1, -0.05) is 39.0 Å². The second-order valence-electron chi connectivity index (χ2n) is 7.05. The van der Waals surface area contributed by atoms with Gasteiger partial charge in [-0.3, -0.25) is 4.79 Å². The predicted octanol–water partition coefficient (Wildman–Crippen LogP) is 2.49. The second-order valence-corrected chi connectivity index (χ2v) is 7.05. The van der Waals surface area contributed by atoms with E-state index in [1.54, 1.807) is 4.90 Å². The normalized spacial score (nSPS) is 17.1. The van der Waals surface area contributed by atoms with Crippen molar-refractivity contribution in [1.29, 1.82) is 0 Å². The zero-order chi connectivity index (χ0) is 16.8. The van der Waals surface area contributed by atoms with Crippen LogP contribution in [0.4, 0.5) is 0 Å². The number of esters is 1. The first kappa shape index (κ1) is 20.4. The van der Waals surface area contributed by atoms with Gasteiger partial charge in [0, 0.05) is 6.42 Å². The van der Waals surface area contributed by atoms with Gasteiger partial charge in [0.2, 0.25) is 0 Å². The van der Waals surface area contributed by atoms with E-state index in [1.165, 1.54) is 51.6 Å². The highest BCUT2D eigenvalue weighted by Gasteiger charge is 2.17. The Balaban J connectivity index is 1.84. The molecule has 0 amide bonds. The van der Waals surface area contributed by atoms with E-state index in [4.69, 9.17) is 4.74 Å². The van der Waals surface area contributed by atoms with Crippen molar-refractivity contribution in [2.75, 3.05) is 26.2 Å². The molecule has 0 aromatic rings. The van der Waals surface area contributed by atoms with E-state index in [1.807, 2.05) is 6.92 Å². The maximum atomic E-state index is 11.3. The van der Waals surface area contributed by atoms with Crippen molar-refractivity contribution in [3.05, 3.63) is 0 Å². The Morgan fingerprint density at radius 1 is 1.04 bits per heavy atom. The van der Waals surface area contributed by atoms with Gasteiger partial charge in [-0.05, 0) is 38.5 Å². The van der Waals surface area contributed by atoms with Gasteiger partial charge in [0.15, 0.2) is 0 Å². The van der Waals surface area contributed by atoms with Crippen LogP contribution in [-0.2, 0) is 9.53 Å². The molecular weight excluding hydrogens is 290 g/mol. The molecule has 136 valence electrons. The molecule has 0 saturated carbocycles. The first-order chi connectivity index (χ1) is 11.2. The van der Waals surface area contributed by atoms with Crippen LogP contribution in [0.1, 0.15) is 84.0 Å². The number of aliphatic hydroxyl groups is 1. The molecule has 1 aliphatic rings. The molecule has 4 nitrogen and oxygen atoms in total. The van der Waals surface area contributed by atoms with Gasteiger partial charge in [-0.15, -0.1) is 0 Å². The van der Waals surface area contributed by atoms with Gasteiger partial charge < -0.3 is 14.7 Å². The Labute approximate surface area is 142 Å². The van der Waals surface area contributed by atoms with Gasteiger partial charge in [-0.2, -0.15) is 0 Å². The molecule has 23 heavy (non-hydrogen) atoms. The number of piperidine rings is 1. The fourth-order valence-electron chi connectivity index (χ4n) is 3.34. The Bertz CT molecular complexity index is 290. The molecule has 0 radical (unpaired) electrons. The summed E-state index contributed by atoms with van der Waals surface area (Å²) in [6, 6.07) is 0. The average molecular weight is 329 g/mol. The zero-order valence-electron chi connectivity index (χ0n) is 15.2. The molecule has 0 aliphatic carbocycles. The average Bonchev–Trinajstić information content (AvgIpc) is 2.56. The van der Waals surface area contributed by atoms with Crippen molar-refractivity contribution in [3.8, 4) is 0 Å². The summed E-state index contributed by atoms with van der Waals surface area (Å²) in [4.78, 5) is 12.9. The van der Waals surface area contributed by atoms with Gasteiger partial charge in [0.05, 0.1) is 19.7 Å².